The molecule has 13 heavy (non-hydrogen) atoms. The Balaban J connectivity index is 2.03. The van der Waals surface area contributed by atoms with E-state index in [1.807, 2.05) is 0 Å². The fraction of sp³-hybridized carbons (Fsp3) is 0.900. The zero-order valence-electron chi connectivity index (χ0n) is 8.21. The van der Waals surface area contributed by atoms with Crippen LogP contribution in [0.25, 0.3) is 0 Å². The van der Waals surface area contributed by atoms with Gasteiger partial charge < -0.3 is 0 Å². The molecule has 0 radical (unpaired) electrons. The first-order valence-corrected chi connectivity index (χ1v) is 5.40. The third kappa shape index (κ3) is 1.79. The Morgan fingerprint density at radius 1 is 1.00 bits per heavy atom. The van der Waals surface area contributed by atoms with Crippen LogP contribution in [0.5, 0.6) is 0 Å². The summed E-state index contributed by atoms with van der Waals surface area (Å²) in [5, 5.41) is 0. The van der Waals surface area contributed by atoms with Gasteiger partial charge in [0.15, 0.2) is 0 Å². The van der Waals surface area contributed by atoms with Crippen LogP contribution < -0.4 is 11.5 Å². The van der Waals surface area contributed by atoms with Gasteiger partial charge in [-0.25, -0.2) is 0 Å². The Kier molecular flexibility index (Phi) is 2.42. The SMILES string of the molecule is NC(N)=[N+]1CC[C@@H]2CCCC[C@@H]2C1. The van der Waals surface area contributed by atoms with Gasteiger partial charge in [0.25, 0.3) is 0 Å². The van der Waals surface area contributed by atoms with E-state index in [1.165, 1.54) is 32.1 Å². The number of hydrogen-bond donors (Lipinski definition) is 2. The van der Waals surface area contributed by atoms with Crippen LogP contribution in [0.1, 0.15) is 32.1 Å². The number of piperidine rings is 1. The predicted octanol–water partition coefficient (Wildman–Crippen LogP) is 0.482. The molecule has 2 atom stereocenters. The second-order valence-corrected chi connectivity index (χ2v) is 4.46. The van der Waals surface area contributed by atoms with E-state index in [1.54, 1.807) is 0 Å². The van der Waals surface area contributed by atoms with Crippen molar-refractivity contribution in [1.82, 2.24) is 0 Å². The van der Waals surface area contributed by atoms with Crippen LogP contribution in [0.4, 0.5) is 0 Å². The molecule has 0 unspecified atom stereocenters. The van der Waals surface area contributed by atoms with Crippen LogP contribution in [0.2, 0.25) is 0 Å². The molecule has 0 amide bonds. The van der Waals surface area contributed by atoms with Gasteiger partial charge >= 0.3 is 5.96 Å². The number of hydrogen-bond acceptors (Lipinski definition) is 0. The summed E-state index contributed by atoms with van der Waals surface area (Å²) >= 11 is 0. The lowest BCUT2D eigenvalue weighted by Gasteiger charge is -2.35. The van der Waals surface area contributed by atoms with E-state index >= 15 is 0 Å². The molecular formula is C10H20N3+. The highest BCUT2D eigenvalue weighted by molar-refractivity contribution is 5.70. The van der Waals surface area contributed by atoms with Gasteiger partial charge in [0.2, 0.25) is 0 Å². The lowest BCUT2D eigenvalue weighted by atomic mass is 9.75. The molecule has 3 heteroatoms. The molecule has 2 fully saturated rings. The summed E-state index contributed by atoms with van der Waals surface area (Å²) < 4.78 is 2.15. The molecule has 0 aromatic rings. The largest absolute Gasteiger partial charge is 0.341 e. The van der Waals surface area contributed by atoms with E-state index in [0.717, 1.165) is 24.9 Å². The Hall–Kier alpha value is -0.730. The van der Waals surface area contributed by atoms with E-state index in [0.29, 0.717) is 5.96 Å². The van der Waals surface area contributed by atoms with Crippen LogP contribution in [0, 0.1) is 11.8 Å². The second-order valence-electron chi connectivity index (χ2n) is 4.46. The first kappa shape index (κ1) is 8.85. The average molecular weight is 182 g/mol. The molecule has 4 N–H and O–H groups in total. The van der Waals surface area contributed by atoms with Crippen molar-refractivity contribution in [3.05, 3.63) is 0 Å². The van der Waals surface area contributed by atoms with Gasteiger partial charge in [0, 0.05) is 0 Å². The van der Waals surface area contributed by atoms with Crippen LogP contribution in [-0.4, -0.2) is 23.6 Å². The standard InChI is InChI=1S/C10H19N3/c11-10(12)13-6-5-8-3-1-2-4-9(8)7-13/h8-9H,1-7H2,(H3,11,12)/p+1/t8-,9+/m0/s1. The van der Waals surface area contributed by atoms with Crippen molar-refractivity contribution in [1.29, 1.82) is 0 Å². The monoisotopic (exact) mass is 182 g/mol. The Labute approximate surface area is 79.8 Å². The normalized spacial score (nSPS) is 34.0. The molecule has 2 aliphatic rings. The molecule has 1 saturated carbocycles. The van der Waals surface area contributed by atoms with Gasteiger partial charge in [-0.1, -0.05) is 12.8 Å². The minimum Gasteiger partial charge on any atom is -0.291 e. The molecule has 74 valence electrons. The first-order valence-electron chi connectivity index (χ1n) is 5.40. The quantitative estimate of drug-likeness (QED) is 0.423. The van der Waals surface area contributed by atoms with Crippen molar-refractivity contribution in [2.45, 2.75) is 32.1 Å². The molecule has 1 heterocycles. The van der Waals surface area contributed by atoms with E-state index in [2.05, 4.69) is 4.58 Å². The smallest absolute Gasteiger partial charge is 0.291 e. The molecule has 3 nitrogen and oxygen atoms in total. The number of rotatable bonds is 0. The van der Waals surface area contributed by atoms with E-state index in [4.69, 9.17) is 11.5 Å². The van der Waals surface area contributed by atoms with Crippen molar-refractivity contribution in [2.24, 2.45) is 23.3 Å². The van der Waals surface area contributed by atoms with Gasteiger partial charge in [-0.15, -0.1) is 0 Å². The first-order chi connectivity index (χ1) is 6.27. The maximum atomic E-state index is 5.61. The van der Waals surface area contributed by atoms with Crippen LogP contribution in [0.3, 0.4) is 0 Å². The number of guanidine groups is 1. The lowest BCUT2D eigenvalue weighted by Crippen LogP contribution is -2.44. The maximum absolute atomic E-state index is 5.61. The topological polar surface area (TPSA) is 55.0 Å². The van der Waals surface area contributed by atoms with Crippen molar-refractivity contribution >= 4 is 5.96 Å². The second kappa shape index (κ2) is 3.56. The summed E-state index contributed by atoms with van der Waals surface area (Å²) in [6.07, 6.45) is 6.95. The molecule has 2 rings (SSSR count). The maximum Gasteiger partial charge on any atom is 0.341 e. The summed E-state index contributed by atoms with van der Waals surface area (Å²) in [5.74, 6) is 2.35. The highest BCUT2D eigenvalue weighted by Gasteiger charge is 2.31. The van der Waals surface area contributed by atoms with E-state index in [-0.39, 0.29) is 0 Å². The molecule has 0 bridgehead atoms. The molecule has 0 spiro atoms. The highest BCUT2D eigenvalue weighted by atomic mass is 15.1. The predicted molar refractivity (Wildman–Crippen MR) is 53.4 cm³/mol. The number of nitrogens with zero attached hydrogens (tertiary/aromatic N) is 1. The van der Waals surface area contributed by atoms with Crippen molar-refractivity contribution in [3.63, 3.8) is 0 Å². The minimum atomic E-state index is 0.518. The van der Waals surface area contributed by atoms with Gasteiger partial charge in [0.05, 0.1) is 13.1 Å². The molecule has 1 aliphatic heterocycles. The third-order valence-corrected chi connectivity index (χ3v) is 3.66. The lowest BCUT2D eigenvalue weighted by molar-refractivity contribution is -0.552. The molecule has 0 aromatic carbocycles. The molecular weight excluding hydrogens is 162 g/mol. The van der Waals surface area contributed by atoms with E-state index in [9.17, 15) is 0 Å². The van der Waals surface area contributed by atoms with Crippen LogP contribution in [0.15, 0.2) is 0 Å². The fourth-order valence-electron chi connectivity index (χ4n) is 2.84. The minimum absolute atomic E-state index is 0.518. The summed E-state index contributed by atoms with van der Waals surface area (Å²) in [4.78, 5) is 0. The molecule has 0 aromatic heterocycles. The van der Waals surface area contributed by atoms with Gasteiger partial charge in [0.1, 0.15) is 0 Å². The van der Waals surface area contributed by atoms with Crippen LogP contribution in [-0.2, 0) is 0 Å². The highest BCUT2D eigenvalue weighted by Crippen LogP contribution is 2.34. The van der Waals surface area contributed by atoms with Crippen molar-refractivity contribution in [2.75, 3.05) is 13.1 Å². The Morgan fingerprint density at radius 2 is 1.69 bits per heavy atom. The van der Waals surface area contributed by atoms with Crippen molar-refractivity contribution in [3.8, 4) is 0 Å². The molecule has 1 saturated heterocycles. The van der Waals surface area contributed by atoms with E-state index < -0.39 is 0 Å². The summed E-state index contributed by atoms with van der Waals surface area (Å²) in [5.41, 5.74) is 11.2. The van der Waals surface area contributed by atoms with Crippen LogP contribution >= 0.6 is 0 Å². The zero-order valence-corrected chi connectivity index (χ0v) is 8.21. The van der Waals surface area contributed by atoms with Gasteiger partial charge in [-0.2, -0.15) is 0 Å². The molecule has 1 aliphatic carbocycles. The Morgan fingerprint density at radius 3 is 2.38 bits per heavy atom. The number of nitrogens with two attached hydrogens (primary N) is 2. The number of fused-ring (bicyclic) bond motifs is 1. The Bertz CT molecular complexity index is 218. The van der Waals surface area contributed by atoms with Gasteiger partial charge in [-0.3, -0.25) is 16.0 Å². The summed E-state index contributed by atoms with van der Waals surface area (Å²) in [6.45, 7) is 2.18. The third-order valence-electron chi connectivity index (χ3n) is 3.66. The van der Waals surface area contributed by atoms with Gasteiger partial charge in [-0.05, 0) is 31.1 Å². The summed E-state index contributed by atoms with van der Waals surface area (Å²) in [6, 6.07) is 0. The average Bonchev–Trinajstić information content (AvgIpc) is 2.17. The fourth-order valence-corrected chi connectivity index (χ4v) is 2.84. The van der Waals surface area contributed by atoms with Crippen molar-refractivity contribution < 1.29 is 4.58 Å². The summed E-state index contributed by atoms with van der Waals surface area (Å²) in [7, 11) is 0. The zero-order chi connectivity index (χ0) is 9.26.